The molecule has 1 aliphatic heterocycles. The van der Waals surface area contributed by atoms with Crippen molar-refractivity contribution in [2.45, 2.75) is 38.9 Å². The Morgan fingerprint density at radius 1 is 0.793 bits per heavy atom. The highest BCUT2D eigenvalue weighted by Crippen LogP contribution is 2.83. The zero-order chi connectivity index (χ0) is 19.6. The number of ether oxygens (including phenoxy) is 3. The number of hydrogen-bond donors (Lipinski definition) is 0. The molecule has 2 unspecified atom stereocenters. The van der Waals surface area contributed by atoms with E-state index in [9.17, 15) is 9.59 Å². The van der Waals surface area contributed by atoms with Crippen LogP contribution in [0.15, 0.2) is 23.3 Å². The predicted octanol–water partition coefficient (Wildman–Crippen LogP) is 2.76. The quantitative estimate of drug-likeness (QED) is 0.415. The van der Waals surface area contributed by atoms with Crippen molar-refractivity contribution in [2.75, 3.05) is 13.2 Å². The minimum Gasteiger partial charge on any atom is -0.463 e. The normalized spacial score (nSPS) is 56.2. The van der Waals surface area contributed by atoms with E-state index >= 15 is 0 Å². The van der Waals surface area contributed by atoms with E-state index in [0.29, 0.717) is 60.9 Å². The van der Waals surface area contributed by atoms with Crippen LogP contribution in [-0.2, 0) is 23.8 Å². The summed E-state index contributed by atoms with van der Waals surface area (Å²) in [5.41, 5.74) is 2.68. The molecule has 12 atom stereocenters. The SMILES string of the molecule is CCOC(=O)/C=C1\C[C@H]2[C@H]3C/C(=C\C(=O)OCC)[C@H]4[C@@H]3C3C5[C@H]([C@@H]6O[C@@H]6[C@H]54)[C@H]1[C@H]32. The Bertz CT molecular complexity index is 804. The molecule has 0 amide bonds. The first kappa shape index (κ1) is 17.1. The second kappa shape index (κ2) is 5.54. The van der Waals surface area contributed by atoms with Crippen LogP contribution >= 0.6 is 0 Å². The Labute approximate surface area is 170 Å². The van der Waals surface area contributed by atoms with Crippen LogP contribution in [0.2, 0.25) is 0 Å². The number of allylic oxidation sites excluding steroid dienone is 2. The van der Waals surface area contributed by atoms with Crippen molar-refractivity contribution >= 4 is 11.9 Å². The van der Waals surface area contributed by atoms with Crippen LogP contribution in [0.25, 0.3) is 0 Å². The molecule has 6 aliphatic carbocycles. The summed E-state index contributed by atoms with van der Waals surface area (Å²) in [5, 5.41) is 0. The molecule has 0 aromatic heterocycles. The smallest absolute Gasteiger partial charge is 0.330 e. The van der Waals surface area contributed by atoms with E-state index in [0.717, 1.165) is 36.5 Å². The molecule has 0 aromatic rings. The fourth-order valence-corrected chi connectivity index (χ4v) is 9.65. The summed E-state index contributed by atoms with van der Waals surface area (Å²) in [6.07, 6.45) is 6.50. The molecule has 7 fully saturated rings. The van der Waals surface area contributed by atoms with E-state index in [4.69, 9.17) is 14.2 Å². The van der Waals surface area contributed by atoms with Crippen molar-refractivity contribution in [2.24, 2.45) is 59.2 Å². The first-order valence-electron chi connectivity index (χ1n) is 11.5. The van der Waals surface area contributed by atoms with Crippen molar-refractivity contribution in [3.05, 3.63) is 23.3 Å². The molecule has 0 spiro atoms. The molecule has 5 heteroatoms. The van der Waals surface area contributed by atoms with Gasteiger partial charge in [0, 0.05) is 12.2 Å². The summed E-state index contributed by atoms with van der Waals surface area (Å²) < 4.78 is 16.7. The Balaban J connectivity index is 1.30. The van der Waals surface area contributed by atoms with Crippen LogP contribution in [0.4, 0.5) is 0 Å². The monoisotopic (exact) mass is 396 g/mol. The first-order chi connectivity index (χ1) is 14.1. The molecule has 1 heterocycles. The minimum absolute atomic E-state index is 0.175. The Morgan fingerprint density at radius 3 is 1.69 bits per heavy atom. The highest BCUT2D eigenvalue weighted by Gasteiger charge is 2.83. The van der Waals surface area contributed by atoms with E-state index in [1.807, 2.05) is 26.0 Å². The molecular formula is C24H28O5. The lowest BCUT2D eigenvalue weighted by Crippen LogP contribution is -2.24. The molecule has 0 N–H and O–H groups in total. The van der Waals surface area contributed by atoms with Crippen LogP contribution in [0.5, 0.6) is 0 Å². The maximum absolute atomic E-state index is 12.3. The molecule has 1 saturated heterocycles. The predicted molar refractivity (Wildman–Crippen MR) is 102 cm³/mol. The van der Waals surface area contributed by atoms with Gasteiger partial charge in [0.2, 0.25) is 0 Å². The molecule has 0 aromatic carbocycles. The molecule has 0 bridgehead atoms. The van der Waals surface area contributed by atoms with Gasteiger partial charge in [-0.1, -0.05) is 11.1 Å². The van der Waals surface area contributed by atoms with Crippen molar-refractivity contribution in [3.8, 4) is 0 Å². The van der Waals surface area contributed by atoms with E-state index in [1.54, 1.807) is 0 Å². The lowest BCUT2D eigenvalue weighted by molar-refractivity contribution is -0.138. The second-order valence-corrected chi connectivity index (χ2v) is 10.3. The van der Waals surface area contributed by atoms with E-state index in [-0.39, 0.29) is 11.9 Å². The fraction of sp³-hybridized carbons (Fsp3) is 0.750. The van der Waals surface area contributed by atoms with Crippen LogP contribution in [-0.4, -0.2) is 37.4 Å². The van der Waals surface area contributed by atoms with Gasteiger partial charge >= 0.3 is 11.9 Å². The lowest BCUT2D eigenvalue weighted by atomic mass is 9.81. The number of hydrogen-bond acceptors (Lipinski definition) is 5. The summed E-state index contributed by atoms with van der Waals surface area (Å²) in [6, 6.07) is 0. The van der Waals surface area contributed by atoms with Gasteiger partial charge in [-0.15, -0.1) is 0 Å². The zero-order valence-corrected chi connectivity index (χ0v) is 17.0. The average molecular weight is 396 g/mol. The number of rotatable bonds is 4. The fourth-order valence-electron chi connectivity index (χ4n) is 9.65. The highest BCUT2D eigenvalue weighted by molar-refractivity contribution is 5.83. The molecule has 7 rings (SSSR count). The number of epoxide rings is 1. The van der Waals surface area contributed by atoms with Gasteiger partial charge < -0.3 is 14.2 Å². The van der Waals surface area contributed by atoms with Crippen LogP contribution < -0.4 is 0 Å². The molecule has 6 saturated carbocycles. The summed E-state index contributed by atoms with van der Waals surface area (Å²) in [4.78, 5) is 24.5. The van der Waals surface area contributed by atoms with E-state index in [1.165, 1.54) is 11.1 Å². The third kappa shape index (κ3) is 1.92. The number of esters is 2. The molecule has 7 aliphatic rings. The van der Waals surface area contributed by atoms with E-state index in [2.05, 4.69) is 0 Å². The van der Waals surface area contributed by atoms with E-state index < -0.39 is 0 Å². The maximum atomic E-state index is 12.3. The Kier molecular flexibility index (Phi) is 3.27. The van der Waals surface area contributed by atoms with Gasteiger partial charge in [0.25, 0.3) is 0 Å². The second-order valence-electron chi connectivity index (χ2n) is 10.3. The Morgan fingerprint density at radius 2 is 1.24 bits per heavy atom. The van der Waals surface area contributed by atoms with Crippen molar-refractivity contribution in [1.29, 1.82) is 0 Å². The number of carbonyl (C=O) groups is 2. The third-order valence-corrected chi connectivity index (χ3v) is 9.72. The third-order valence-electron chi connectivity index (χ3n) is 9.72. The van der Waals surface area contributed by atoms with Crippen molar-refractivity contribution < 1.29 is 23.8 Å². The molecule has 5 nitrogen and oxygen atoms in total. The van der Waals surface area contributed by atoms with Crippen molar-refractivity contribution in [3.63, 3.8) is 0 Å². The van der Waals surface area contributed by atoms with Crippen molar-refractivity contribution in [1.82, 2.24) is 0 Å². The standard InChI is InChI=1S/C24H28O5/c1-3-27-13(25)7-9-5-11-12-6-10(8-14(26)28-4-2)16-18(12)19-17(11)15(9)21-20(19)22(16)24-23(21)29-24/h7-8,11-12,15-24H,3-6H2,1-2H3/b9-7+,10-8+/t11-,12+,15+,16-,17-,18-,19?,20?,21+,22-,23-,24+/m1/s1. The first-order valence-corrected chi connectivity index (χ1v) is 11.5. The molecule has 0 radical (unpaired) electrons. The van der Waals surface area contributed by atoms with Crippen LogP contribution in [0.1, 0.15) is 26.7 Å². The van der Waals surface area contributed by atoms with Gasteiger partial charge in [0.05, 0.1) is 25.4 Å². The molecule has 29 heavy (non-hydrogen) atoms. The van der Waals surface area contributed by atoms with Gasteiger partial charge in [-0.25, -0.2) is 9.59 Å². The largest absolute Gasteiger partial charge is 0.463 e. The number of carbonyl (C=O) groups excluding carboxylic acids is 2. The topological polar surface area (TPSA) is 65.1 Å². The Hall–Kier alpha value is -1.62. The number of fused-ring (bicyclic) bond motifs is 6. The minimum atomic E-state index is -0.175. The van der Waals surface area contributed by atoms with Gasteiger partial charge in [-0.3, -0.25) is 0 Å². The summed E-state index contributed by atoms with van der Waals surface area (Å²) in [7, 11) is 0. The summed E-state index contributed by atoms with van der Waals surface area (Å²) in [5.74, 6) is 6.15. The summed E-state index contributed by atoms with van der Waals surface area (Å²) in [6.45, 7) is 4.59. The zero-order valence-electron chi connectivity index (χ0n) is 17.0. The summed E-state index contributed by atoms with van der Waals surface area (Å²) >= 11 is 0. The molecule has 154 valence electrons. The van der Waals surface area contributed by atoms with Gasteiger partial charge in [0.1, 0.15) is 0 Å². The average Bonchev–Trinajstić information content (AvgIpc) is 3.08. The maximum Gasteiger partial charge on any atom is 0.330 e. The van der Waals surface area contributed by atoms with Crippen LogP contribution in [0, 0.1) is 59.2 Å². The van der Waals surface area contributed by atoms with Gasteiger partial charge in [-0.05, 0) is 85.9 Å². The molecular weight excluding hydrogens is 368 g/mol. The lowest BCUT2D eigenvalue weighted by Gasteiger charge is -2.25. The van der Waals surface area contributed by atoms with Gasteiger partial charge in [0.15, 0.2) is 0 Å². The van der Waals surface area contributed by atoms with Crippen LogP contribution in [0.3, 0.4) is 0 Å². The highest BCUT2D eigenvalue weighted by atomic mass is 16.6. The van der Waals surface area contributed by atoms with Gasteiger partial charge in [-0.2, -0.15) is 0 Å².